The van der Waals surface area contributed by atoms with Crippen molar-refractivity contribution in [3.05, 3.63) is 35.4 Å². The van der Waals surface area contributed by atoms with Gasteiger partial charge in [-0.1, -0.05) is 24.3 Å². The summed E-state index contributed by atoms with van der Waals surface area (Å²) in [4.78, 5) is 0. The summed E-state index contributed by atoms with van der Waals surface area (Å²) in [6.45, 7) is 4.13. The second-order valence-electron chi connectivity index (χ2n) is 4.82. The minimum Gasteiger partial charge on any atom is -0.389 e. The van der Waals surface area contributed by atoms with Crippen LogP contribution in [-0.4, -0.2) is 18.2 Å². The van der Waals surface area contributed by atoms with Crippen molar-refractivity contribution in [3.8, 4) is 0 Å². The van der Waals surface area contributed by atoms with Crippen molar-refractivity contribution in [3.63, 3.8) is 0 Å². The standard InChI is InChI=1S/C14H21NO/c1-11(16)14-4-2-3-13(10-14)9-12-5-7-15-8-6-12/h2-4,10-12,15-16H,5-9H2,1H3. The van der Waals surface area contributed by atoms with Crippen LogP contribution in [0.4, 0.5) is 0 Å². The molecular weight excluding hydrogens is 198 g/mol. The van der Waals surface area contributed by atoms with Gasteiger partial charge in [0.05, 0.1) is 6.10 Å². The molecule has 2 rings (SSSR count). The summed E-state index contributed by atoms with van der Waals surface area (Å²) in [6.07, 6.45) is 3.35. The van der Waals surface area contributed by atoms with Crippen molar-refractivity contribution in [2.24, 2.45) is 5.92 Å². The third-order valence-corrected chi connectivity index (χ3v) is 3.42. The summed E-state index contributed by atoms with van der Waals surface area (Å²) < 4.78 is 0. The number of rotatable bonds is 3. The molecule has 0 saturated carbocycles. The molecule has 16 heavy (non-hydrogen) atoms. The van der Waals surface area contributed by atoms with Crippen molar-refractivity contribution < 1.29 is 5.11 Å². The molecule has 1 saturated heterocycles. The Morgan fingerprint density at radius 1 is 1.38 bits per heavy atom. The summed E-state index contributed by atoms with van der Waals surface area (Å²) in [6, 6.07) is 8.37. The van der Waals surface area contributed by atoms with E-state index < -0.39 is 0 Å². The third kappa shape index (κ3) is 3.06. The lowest BCUT2D eigenvalue weighted by Crippen LogP contribution is -2.28. The molecule has 1 aliphatic rings. The van der Waals surface area contributed by atoms with E-state index in [4.69, 9.17) is 0 Å². The largest absolute Gasteiger partial charge is 0.389 e. The molecule has 1 unspecified atom stereocenters. The van der Waals surface area contributed by atoms with Crippen molar-refractivity contribution in [2.45, 2.75) is 32.3 Å². The molecule has 88 valence electrons. The normalized spacial score (nSPS) is 19.6. The second-order valence-corrected chi connectivity index (χ2v) is 4.82. The van der Waals surface area contributed by atoms with E-state index in [0.717, 1.165) is 31.0 Å². The third-order valence-electron chi connectivity index (χ3n) is 3.42. The maximum absolute atomic E-state index is 9.54. The molecule has 1 aromatic rings. The van der Waals surface area contributed by atoms with Gasteiger partial charge in [-0.15, -0.1) is 0 Å². The average Bonchev–Trinajstić information content (AvgIpc) is 2.30. The van der Waals surface area contributed by atoms with Crippen molar-refractivity contribution in [1.82, 2.24) is 5.32 Å². The maximum Gasteiger partial charge on any atom is 0.0762 e. The highest BCUT2D eigenvalue weighted by molar-refractivity contribution is 5.25. The first kappa shape index (κ1) is 11.6. The first-order valence-corrected chi connectivity index (χ1v) is 6.23. The van der Waals surface area contributed by atoms with Crippen molar-refractivity contribution in [2.75, 3.05) is 13.1 Å². The zero-order valence-electron chi connectivity index (χ0n) is 9.95. The molecule has 1 fully saturated rings. The lowest BCUT2D eigenvalue weighted by atomic mass is 9.90. The van der Waals surface area contributed by atoms with E-state index >= 15 is 0 Å². The monoisotopic (exact) mass is 219 g/mol. The molecule has 0 aromatic heterocycles. The van der Waals surface area contributed by atoms with Gasteiger partial charge in [-0.3, -0.25) is 0 Å². The van der Waals surface area contributed by atoms with Crippen LogP contribution in [0.3, 0.4) is 0 Å². The van der Waals surface area contributed by atoms with Gasteiger partial charge in [-0.05, 0) is 56.3 Å². The topological polar surface area (TPSA) is 32.3 Å². The molecular formula is C14H21NO. The molecule has 0 bridgehead atoms. The highest BCUT2D eigenvalue weighted by Gasteiger charge is 2.13. The van der Waals surface area contributed by atoms with Crippen LogP contribution in [0.25, 0.3) is 0 Å². The Kier molecular flexibility index (Phi) is 3.97. The van der Waals surface area contributed by atoms with Gasteiger partial charge in [0.1, 0.15) is 0 Å². The number of piperidine rings is 1. The summed E-state index contributed by atoms with van der Waals surface area (Å²) >= 11 is 0. The molecule has 1 heterocycles. The number of hydrogen-bond acceptors (Lipinski definition) is 2. The van der Waals surface area contributed by atoms with Crippen LogP contribution >= 0.6 is 0 Å². The summed E-state index contributed by atoms with van der Waals surface area (Å²) in [5, 5.41) is 12.9. The predicted molar refractivity (Wildman–Crippen MR) is 66.4 cm³/mol. The molecule has 2 nitrogen and oxygen atoms in total. The minimum atomic E-state index is -0.354. The van der Waals surface area contributed by atoms with E-state index in [1.165, 1.54) is 18.4 Å². The van der Waals surface area contributed by atoms with Gasteiger partial charge in [-0.2, -0.15) is 0 Å². The van der Waals surface area contributed by atoms with E-state index in [-0.39, 0.29) is 6.10 Å². The fourth-order valence-electron chi connectivity index (χ4n) is 2.40. The van der Waals surface area contributed by atoms with Gasteiger partial charge in [-0.25, -0.2) is 0 Å². The van der Waals surface area contributed by atoms with Gasteiger partial charge in [0.15, 0.2) is 0 Å². The molecule has 0 spiro atoms. The SMILES string of the molecule is CC(O)c1cccc(CC2CCNCC2)c1. The molecule has 0 radical (unpaired) electrons. The second kappa shape index (κ2) is 5.46. The van der Waals surface area contributed by atoms with Crippen LogP contribution < -0.4 is 5.32 Å². The quantitative estimate of drug-likeness (QED) is 0.817. The van der Waals surface area contributed by atoms with Crippen LogP contribution in [0, 0.1) is 5.92 Å². The smallest absolute Gasteiger partial charge is 0.0762 e. The number of hydrogen-bond donors (Lipinski definition) is 2. The van der Waals surface area contributed by atoms with Gasteiger partial charge in [0.25, 0.3) is 0 Å². The Bertz CT molecular complexity index is 329. The van der Waals surface area contributed by atoms with E-state index in [2.05, 4.69) is 23.5 Å². The van der Waals surface area contributed by atoms with E-state index in [0.29, 0.717) is 0 Å². The van der Waals surface area contributed by atoms with Gasteiger partial charge in [0, 0.05) is 0 Å². The fourth-order valence-corrected chi connectivity index (χ4v) is 2.40. The Labute approximate surface area is 97.7 Å². The van der Waals surface area contributed by atoms with Gasteiger partial charge < -0.3 is 10.4 Å². The molecule has 0 aliphatic carbocycles. The van der Waals surface area contributed by atoms with Crippen LogP contribution in [0.5, 0.6) is 0 Å². The predicted octanol–water partition coefficient (Wildman–Crippen LogP) is 2.28. The number of aliphatic hydroxyl groups is 1. The summed E-state index contributed by atoms with van der Waals surface area (Å²) in [5.41, 5.74) is 2.40. The van der Waals surface area contributed by atoms with Crippen LogP contribution in [0.2, 0.25) is 0 Å². The van der Waals surface area contributed by atoms with E-state index in [1.54, 1.807) is 0 Å². The first-order chi connectivity index (χ1) is 7.75. The Morgan fingerprint density at radius 3 is 2.81 bits per heavy atom. The minimum absolute atomic E-state index is 0.354. The highest BCUT2D eigenvalue weighted by Crippen LogP contribution is 2.20. The van der Waals surface area contributed by atoms with Crippen LogP contribution in [-0.2, 0) is 6.42 Å². The molecule has 2 heteroatoms. The lowest BCUT2D eigenvalue weighted by Gasteiger charge is -2.22. The molecule has 2 N–H and O–H groups in total. The Morgan fingerprint density at radius 2 is 2.12 bits per heavy atom. The Balaban J connectivity index is 2.00. The fraction of sp³-hybridized carbons (Fsp3) is 0.571. The average molecular weight is 219 g/mol. The molecule has 1 atom stereocenters. The van der Waals surface area contributed by atoms with E-state index in [9.17, 15) is 5.11 Å². The molecule has 1 aliphatic heterocycles. The van der Waals surface area contributed by atoms with Crippen LogP contribution in [0.1, 0.15) is 37.0 Å². The maximum atomic E-state index is 9.54. The molecule has 0 amide bonds. The first-order valence-electron chi connectivity index (χ1n) is 6.23. The Hall–Kier alpha value is -0.860. The lowest BCUT2D eigenvalue weighted by molar-refractivity contribution is 0.199. The van der Waals surface area contributed by atoms with Gasteiger partial charge in [0.2, 0.25) is 0 Å². The number of benzene rings is 1. The van der Waals surface area contributed by atoms with Crippen molar-refractivity contribution >= 4 is 0 Å². The highest BCUT2D eigenvalue weighted by atomic mass is 16.3. The summed E-state index contributed by atoms with van der Waals surface area (Å²) in [5.74, 6) is 0.811. The zero-order chi connectivity index (χ0) is 11.4. The number of nitrogens with one attached hydrogen (secondary N) is 1. The molecule has 1 aromatic carbocycles. The summed E-state index contributed by atoms with van der Waals surface area (Å²) in [7, 11) is 0. The van der Waals surface area contributed by atoms with Crippen LogP contribution in [0.15, 0.2) is 24.3 Å². The van der Waals surface area contributed by atoms with E-state index in [1.807, 2.05) is 13.0 Å². The van der Waals surface area contributed by atoms with Gasteiger partial charge >= 0.3 is 0 Å². The van der Waals surface area contributed by atoms with Crippen molar-refractivity contribution in [1.29, 1.82) is 0 Å². The number of aliphatic hydroxyl groups excluding tert-OH is 1. The zero-order valence-corrected chi connectivity index (χ0v) is 9.95.